The zero-order valence-corrected chi connectivity index (χ0v) is 11.9. The van der Waals surface area contributed by atoms with Crippen LogP contribution in [0.5, 0.6) is 0 Å². The highest BCUT2D eigenvalue weighted by Gasteiger charge is 2.26. The maximum Gasteiger partial charge on any atom is 0.255 e. The molecule has 0 aliphatic heterocycles. The number of carbonyl (C=O) groups excluding carboxylic acids is 1. The first-order valence-electron chi connectivity index (χ1n) is 6.82. The molecule has 1 aliphatic rings. The van der Waals surface area contributed by atoms with Crippen LogP contribution in [0.25, 0.3) is 0 Å². The van der Waals surface area contributed by atoms with E-state index in [2.05, 4.69) is 10.2 Å². The van der Waals surface area contributed by atoms with E-state index < -0.39 is 0 Å². The second kappa shape index (κ2) is 5.65. The summed E-state index contributed by atoms with van der Waals surface area (Å²) >= 11 is 0. The largest absolute Gasteiger partial charge is 0.339 e. The van der Waals surface area contributed by atoms with Crippen LogP contribution in [-0.2, 0) is 0 Å². The number of carbonyl (C=O) groups is 1. The van der Waals surface area contributed by atoms with Crippen LogP contribution in [0, 0.1) is 13.8 Å². The van der Waals surface area contributed by atoms with Crippen molar-refractivity contribution in [3.05, 3.63) is 23.0 Å². The fraction of sp³-hybridized carbons (Fsp3) is 0.643. The summed E-state index contributed by atoms with van der Waals surface area (Å²) in [6, 6.07) is 2.40. The lowest BCUT2D eigenvalue weighted by molar-refractivity contribution is 0.0688. The number of hydrogen-bond acceptors (Lipinski definition) is 4. The Morgan fingerprint density at radius 1 is 1.26 bits per heavy atom. The first-order chi connectivity index (χ1) is 8.99. The van der Waals surface area contributed by atoms with Crippen LogP contribution < -0.4 is 5.73 Å². The van der Waals surface area contributed by atoms with Crippen LogP contribution in [0.2, 0.25) is 0 Å². The molecule has 2 N–H and O–H groups in total. The summed E-state index contributed by atoms with van der Waals surface area (Å²) in [5.74, 6) is 0.0379. The highest BCUT2D eigenvalue weighted by atomic mass is 16.2. The zero-order valence-electron chi connectivity index (χ0n) is 11.9. The minimum absolute atomic E-state index is 0.0379. The van der Waals surface area contributed by atoms with Crippen molar-refractivity contribution in [2.24, 2.45) is 5.73 Å². The van der Waals surface area contributed by atoms with Crippen molar-refractivity contribution in [3.63, 3.8) is 0 Å². The summed E-state index contributed by atoms with van der Waals surface area (Å²) in [4.78, 5) is 14.4. The quantitative estimate of drug-likeness (QED) is 0.875. The summed E-state index contributed by atoms with van der Waals surface area (Å²) in [5, 5.41) is 7.99. The molecule has 0 unspecified atom stereocenters. The van der Waals surface area contributed by atoms with Gasteiger partial charge < -0.3 is 10.6 Å². The number of rotatable bonds is 2. The van der Waals surface area contributed by atoms with Crippen LogP contribution in [-0.4, -0.2) is 40.1 Å². The Balaban J connectivity index is 2.12. The third-order valence-corrected chi connectivity index (χ3v) is 3.94. The molecule has 1 aliphatic carbocycles. The van der Waals surface area contributed by atoms with E-state index in [4.69, 9.17) is 5.73 Å². The van der Waals surface area contributed by atoms with Crippen molar-refractivity contribution in [1.82, 2.24) is 15.1 Å². The molecule has 1 heterocycles. The Bertz CT molecular complexity index is 467. The third-order valence-electron chi connectivity index (χ3n) is 3.94. The standard InChI is InChI=1S/C14H22N4O/c1-9-8-13(10(2)17-16-9)14(19)18(3)12-6-4-11(15)5-7-12/h8,11-12H,4-7,15H2,1-3H3. The van der Waals surface area contributed by atoms with E-state index in [-0.39, 0.29) is 5.91 Å². The lowest BCUT2D eigenvalue weighted by atomic mass is 9.90. The predicted octanol–water partition coefficient (Wildman–Crippen LogP) is 1.44. The number of hydrogen-bond donors (Lipinski definition) is 1. The van der Waals surface area contributed by atoms with Crippen molar-refractivity contribution < 1.29 is 4.79 Å². The summed E-state index contributed by atoms with van der Waals surface area (Å²) in [5.41, 5.74) is 8.02. The van der Waals surface area contributed by atoms with Gasteiger partial charge in [-0.3, -0.25) is 4.79 Å². The molecule has 0 saturated heterocycles. The van der Waals surface area contributed by atoms with Crippen LogP contribution in [0.1, 0.15) is 47.4 Å². The molecule has 0 aromatic carbocycles. The number of nitrogens with two attached hydrogens (primary N) is 1. The lowest BCUT2D eigenvalue weighted by Gasteiger charge is -2.33. The van der Waals surface area contributed by atoms with Gasteiger partial charge >= 0.3 is 0 Å². The van der Waals surface area contributed by atoms with Crippen molar-refractivity contribution in [1.29, 1.82) is 0 Å². The Morgan fingerprint density at radius 2 is 1.89 bits per heavy atom. The molecule has 1 saturated carbocycles. The van der Waals surface area contributed by atoms with Gasteiger partial charge in [0.15, 0.2) is 0 Å². The van der Waals surface area contributed by atoms with E-state index in [1.807, 2.05) is 31.9 Å². The molecular weight excluding hydrogens is 240 g/mol. The van der Waals surface area contributed by atoms with Gasteiger partial charge in [-0.15, -0.1) is 0 Å². The summed E-state index contributed by atoms with van der Waals surface area (Å²) in [7, 11) is 1.87. The Kier molecular flexibility index (Phi) is 4.14. The topological polar surface area (TPSA) is 72.1 Å². The number of nitrogens with zero attached hydrogens (tertiary/aromatic N) is 3. The molecule has 5 nitrogen and oxygen atoms in total. The van der Waals surface area contributed by atoms with Gasteiger partial charge in [0.1, 0.15) is 0 Å². The van der Waals surface area contributed by atoms with E-state index in [9.17, 15) is 4.79 Å². The van der Waals surface area contributed by atoms with E-state index in [0.29, 0.717) is 23.3 Å². The zero-order chi connectivity index (χ0) is 14.0. The predicted molar refractivity (Wildman–Crippen MR) is 73.8 cm³/mol. The first kappa shape index (κ1) is 13.9. The van der Waals surface area contributed by atoms with E-state index in [0.717, 1.165) is 31.4 Å². The SMILES string of the molecule is Cc1cc(C(=O)N(C)C2CCC(N)CC2)c(C)nn1. The Hall–Kier alpha value is -1.49. The van der Waals surface area contributed by atoms with Gasteiger partial charge in [0.25, 0.3) is 5.91 Å². The van der Waals surface area contributed by atoms with Gasteiger partial charge in [-0.25, -0.2) is 0 Å². The molecule has 0 atom stereocenters. The van der Waals surface area contributed by atoms with Gasteiger partial charge in [-0.05, 0) is 45.6 Å². The van der Waals surface area contributed by atoms with Gasteiger partial charge in [0, 0.05) is 19.1 Å². The van der Waals surface area contributed by atoms with Crippen LogP contribution in [0.3, 0.4) is 0 Å². The van der Waals surface area contributed by atoms with Crippen molar-refractivity contribution in [3.8, 4) is 0 Å². The molecule has 0 radical (unpaired) electrons. The smallest absolute Gasteiger partial charge is 0.255 e. The molecule has 1 amide bonds. The summed E-state index contributed by atoms with van der Waals surface area (Å²) < 4.78 is 0. The third kappa shape index (κ3) is 3.10. The Morgan fingerprint density at radius 3 is 2.53 bits per heavy atom. The average molecular weight is 262 g/mol. The second-order valence-electron chi connectivity index (χ2n) is 5.47. The summed E-state index contributed by atoms with van der Waals surface area (Å²) in [6.45, 7) is 3.67. The Labute approximate surface area is 114 Å². The lowest BCUT2D eigenvalue weighted by Crippen LogP contribution is -2.42. The molecular formula is C14H22N4O. The number of aryl methyl sites for hydroxylation is 2. The molecule has 1 fully saturated rings. The minimum atomic E-state index is 0.0379. The van der Waals surface area contributed by atoms with Crippen molar-refractivity contribution in [2.45, 2.75) is 51.6 Å². The number of amides is 1. The van der Waals surface area contributed by atoms with Gasteiger partial charge in [-0.2, -0.15) is 10.2 Å². The first-order valence-corrected chi connectivity index (χ1v) is 6.82. The molecule has 104 valence electrons. The molecule has 0 spiro atoms. The molecule has 1 aromatic rings. The monoisotopic (exact) mass is 262 g/mol. The minimum Gasteiger partial charge on any atom is -0.339 e. The van der Waals surface area contributed by atoms with Crippen molar-refractivity contribution in [2.75, 3.05) is 7.05 Å². The van der Waals surface area contributed by atoms with Crippen LogP contribution in [0.4, 0.5) is 0 Å². The highest BCUT2D eigenvalue weighted by Crippen LogP contribution is 2.23. The van der Waals surface area contributed by atoms with Gasteiger partial charge in [0.05, 0.1) is 17.0 Å². The summed E-state index contributed by atoms with van der Waals surface area (Å²) in [6.07, 6.45) is 3.96. The van der Waals surface area contributed by atoms with Gasteiger partial charge in [-0.1, -0.05) is 0 Å². The molecule has 2 rings (SSSR count). The maximum atomic E-state index is 12.5. The second-order valence-corrected chi connectivity index (χ2v) is 5.47. The van der Waals surface area contributed by atoms with Crippen molar-refractivity contribution >= 4 is 5.91 Å². The van der Waals surface area contributed by atoms with E-state index >= 15 is 0 Å². The average Bonchev–Trinajstić information content (AvgIpc) is 2.41. The number of aromatic nitrogens is 2. The molecule has 19 heavy (non-hydrogen) atoms. The van der Waals surface area contributed by atoms with Crippen LogP contribution >= 0.6 is 0 Å². The normalized spacial score (nSPS) is 23.2. The van der Waals surface area contributed by atoms with E-state index in [1.54, 1.807) is 0 Å². The maximum absolute atomic E-state index is 12.5. The molecule has 5 heteroatoms. The van der Waals surface area contributed by atoms with E-state index in [1.165, 1.54) is 0 Å². The van der Waals surface area contributed by atoms with Gasteiger partial charge in [0.2, 0.25) is 0 Å². The van der Waals surface area contributed by atoms with Crippen LogP contribution in [0.15, 0.2) is 6.07 Å². The fourth-order valence-electron chi connectivity index (χ4n) is 2.61. The fourth-order valence-corrected chi connectivity index (χ4v) is 2.61. The highest BCUT2D eigenvalue weighted by molar-refractivity contribution is 5.95. The molecule has 1 aromatic heterocycles. The molecule has 0 bridgehead atoms.